The number of aromatic nitrogens is 1. The summed E-state index contributed by atoms with van der Waals surface area (Å²) in [5.41, 5.74) is 3.07. The smallest absolute Gasteiger partial charge is 0.0409 e. The zero-order chi connectivity index (χ0) is 10.6. The summed E-state index contributed by atoms with van der Waals surface area (Å²) in [4.78, 5) is 4.14. The van der Waals surface area contributed by atoms with Gasteiger partial charge in [0.05, 0.1) is 0 Å². The number of halogens is 1. The molecule has 0 fully saturated rings. The van der Waals surface area contributed by atoms with Crippen LogP contribution in [0.3, 0.4) is 0 Å². The van der Waals surface area contributed by atoms with Crippen molar-refractivity contribution in [3.05, 3.63) is 47.3 Å². The Balaban J connectivity index is 3.12. The molecule has 1 heterocycles. The summed E-state index contributed by atoms with van der Waals surface area (Å²) in [5.74, 6) is 0. The van der Waals surface area contributed by atoms with Crippen molar-refractivity contribution in [2.75, 3.05) is 0 Å². The molecule has 0 radical (unpaired) electrons. The first-order valence-electron chi connectivity index (χ1n) is 4.63. The van der Waals surface area contributed by atoms with Crippen molar-refractivity contribution < 1.29 is 0 Å². The van der Waals surface area contributed by atoms with Crippen LogP contribution in [0.5, 0.6) is 0 Å². The van der Waals surface area contributed by atoms with Gasteiger partial charge in [0.1, 0.15) is 0 Å². The SMILES string of the molecule is C=C(Cl)C(=CCC)c1ccnc(C)c1. The monoisotopic (exact) mass is 207 g/mol. The van der Waals surface area contributed by atoms with Gasteiger partial charge in [-0.2, -0.15) is 0 Å². The molecule has 0 saturated carbocycles. The van der Waals surface area contributed by atoms with Crippen molar-refractivity contribution in [2.24, 2.45) is 0 Å². The van der Waals surface area contributed by atoms with Crippen molar-refractivity contribution >= 4 is 17.2 Å². The maximum atomic E-state index is 5.93. The first-order valence-corrected chi connectivity index (χ1v) is 5.01. The maximum Gasteiger partial charge on any atom is 0.0409 e. The molecule has 14 heavy (non-hydrogen) atoms. The second-order valence-corrected chi connectivity index (χ2v) is 3.57. The Morgan fingerprint density at radius 1 is 1.64 bits per heavy atom. The van der Waals surface area contributed by atoms with Gasteiger partial charge in [-0.25, -0.2) is 0 Å². The van der Waals surface area contributed by atoms with E-state index < -0.39 is 0 Å². The minimum absolute atomic E-state index is 0.581. The second kappa shape index (κ2) is 4.97. The highest BCUT2D eigenvalue weighted by Gasteiger charge is 2.03. The maximum absolute atomic E-state index is 5.93. The number of aryl methyl sites for hydroxylation is 1. The highest BCUT2D eigenvalue weighted by molar-refractivity contribution is 6.36. The molecule has 1 rings (SSSR count). The van der Waals surface area contributed by atoms with Crippen LogP contribution in [0.1, 0.15) is 24.6 Å². The molecule has 74 valence electrons. The lowest BCUT2D eigenvalue weighted by molar-refractivity contribution is 1.19. The minimum Gasteiger partial charge on any atom is -0.262 e. The third kappa shape index (κ3) is 2.71. The van der Waals surface area contributed by atoms with E-state index >= 15 is 0 Å². The Morgan fingerprint density at radius 2 is 2.36 bits per heavy atom. The summed E-state index contributed by atoms with van der Waals surface area (Å²) in [6.45, 7) is 7.80. The number of allylic oxidation sites excluding steroid dienone is 3. The first kappa shape index (κ1) is 11.0. The molecule has 0 spiro atoms. The van der Waals surface area contributed by atoms with Crippen LogP contribution in [0, 0.1) is 6.92 Å². The number of rotatable bonds is 3. The molecule has 0 saturated heterocycles. The van der Waals surface area contributed by atoms with Crippen molar-refractivity contribution in [2.45, 2.75) is 20.3 Å². The zero-order valence-electron chi connectivity index (χ0n) is 8.55. The average molecular weight is 208 g/mol. The van der Waals surface area contributed by atoms with Gasteiger partial charge in [-0.1, -0.05) is 31.2 Å². The van der Waals surface area contributed by atoms with Crippen molar-refractivity contribution in [1.29, 1.82) is 0 Å². The Kier molecular flexibility index (Phi) is 3.90. The van der Waals surface area contributed by atoms with Crippen LogP contribution in [-0.2, 0) is 0 Å². The lowest BCUT2D eigenvalue weighted by atomic mass is 10.1. The van der Waals surface area contributed by atoms with Crippen LogP contribution in [0.4, 0.5) is 0 Å². The summed E-state index contributed by atoms with van der Waals surface area (Å²) in [6.07, 6.45) is 4.81. The molecule has 0 N–H and O–H groups in total. The minimum atomic E-state index is 0.581. The van der Waals surface area contributed by atoms with Crippen LogP contribution in [0.2, 0.25) is 0 Å². The molecule has 0 atom stereocenters. The molecule has 0 aliphatic heterocycles. The van der Waals surface area contributed by atoms with E-state index in [0.717, 1.165) is 23.3 Å². The van der Waals surface area contributed by atoms with Crippen LogP contribution >= 0.6 is 11.6 Å². The third-order valence-corrected chi connectivity index (χ3v) is 2.11. The second-order valence-electron chi connectivity index (χ2n) is 3.12. The Morgan fingerprint density at radius 3 is 2.86 bits per heavy atom. The fraction of sp³-hybridized carbons (Fsp3) is 0.250. The zero-order valence-corrected chi connectivity index (χ0v) is 9.30. The molecule has 0 aliphatic rings. The van der Waals surface area contributed by atoms with Gasteiger partial charge >= 0.3 is 0 Å². The molecule has 1 aromatic heterocycles. The van der Waals surface area contributed by atoms with Crippen molar-refractivity contribution in [1.82, 2.24) is 4.98 Å². The van der Waals surface area contributed by atoms with E-state index in [9.17, 15) is 0 Å². The van der Waals surface area contributed by atoms with Crippen LogP contribution in [-0.4, -0.2) is 4.98 Å². The van der Waals surface area contributed by atoms with Gasteiger partial charge in [0, 0.05) is 16.9 Å². The topological polar surface area (TPSA) is 12.9 Å². The quantitative estimate of drug-likeness (QED) is 0.685. The van der Waals surface area contributed by atoms with E-state index in [2.05, 4.69) is 24.6 Å². The number of nitrogens with zero attached hydrogens (tertiary/aromatic N) is 1. The van der Waals surface area contributed by atoms with Gasteiger partial charge in [0.25, 0.3) is 0 Å². The molecule has 2 heteroatoms. The average Bonchev–Trinajstić information content (AvgIpc) is 2.13. The van der Waals surface area contributed by atoms with E-state index in [1.165, 1.54) is 0 Å². The van der Waals surface area contributed by atoms with Gasteiger partial charge < -0.3 is 0 Å². The summed E-state index contributed by atoms with van der Waals surface area (Å²) >= 11 is 5.93. The Hall–Kier alpha value is -1.08. The lowest BCUT2D eigenvalue weighted by Crippen LogP contribution is -1.87. The summed E-state index contributed by atoms with van der Waals surface area (Å²) in [7, 11) is 0. The third-order valence-electron chi connectivity index (χ3n) is 1.91. The predicted octanol–water partition coefficient (Wildman–Crippen LogP) is 3.94. The molecular weight excluding hydrogens is 194 g/mol. The van der Waals surface area contributed by atoms with Crippen LogP contribution < -0.4 is 0 Å². The molecule has 0 unspecified atom stereocenters. The highest BCUT2D eigenvalue weighted by atomic mass is 35.5. The Bertz CT molecular complexity index is 366. The normalized spacial score (nSPS) is 11.5. The first-order chi connectivity index (χ1) is 6.65. The van der Waals surface area contributed by atoms with Crippen molar-refractivity contribution in [3.8, 4) is 0 Å². The predicted molar refractivity (Wildman–Crippen MR) is 62.2 cm³/mol. The van der Waals surface area contributed by atoms with E-state index in [1.54, 1.807) is 6.20 Å². The molecule has 1 aromatic rings. The lowest BCUT2D eigenvalue weighted by Gasteiger charge is -2.05. The number of hydrogen-bond acceptors (Lipinski definition) is 1. The Labute approximate surface area is 90.1 Å². The molecule has 0 bridgehead atoms. The number of hydrogen-bond donors (Lipinski definition) is 0. The van der Waals surface area contributed by atoms with E-state index in [0.29, 0.717) is 5.03 Å². The van der Waals surface area contributed by atoms with E-state index in [1.807, 2.05) is 19.1 Å². The molecule has 0 aromatic carbocycles. The van der Waals surface area contributed by atoms with E-state index in [4.69, 9.17) is 11.6 Å². The fourth-order valence-electron chi connectivity index (χ4n) is 1.30. The van der Waals surface area contributed by atoms with Crippen molar-refractivity contribution in [3.63, 3.8) is 0 Å². The summed E-state index contributed by atoms with van der Waals surface area (Å²) in [5, 5.41) is 0.581. The van der Waals surface area contributed by atoms with E-state index in [-0.39, 0.29) is 0 Å². The summed E-state index contributed by atoms with van der Waals surface area (Å²) < 4.78 is 0. The highest BCUT2D eigenvalue weighted by Crippen LogP contribution is 2.25. The number of pyridine rings is 1. The largest absolute Gasteiger partial charge is 0.262 e. The van der Waals surface area contributed by atoms with Gasteiger partial charge in [-0.3, -0.25) is 4.98 Å². The standard InChI is InChI=1S/C12H14ClN/c1-4-5-12(10(3)13)11-6-7-14-9(2)8-11/h5-8H,3-4H2,1-2H3. The molecule has 0 aliphatic carbocycles. The van der Waals surface area contributed by atoms with Gasteiger partial charge in [0.2, 0.25) is 0 Å². The van der Waals surface area contributed by atoms with Gasteiger partial charge in [0.15, 0.2) is 0 Å². The molecule has 1 nitrogen and oxygen atoms in total. The van der Waals surface area contributed by atoms with Crippen LogP contribution in [0.25, 0.3) is 5.57 Å². The summed E-state index contributed by atoms with van der Waals surface area (Å²) in [6, 6.07) is 3.96. The fourth-order valence-corrected chi connectivity index (χ4v) is 1.49. The van der Waals surface area contributed by atoms with Gasteiger partial charge in [-0.15, -0.1) is 0 Å². The van der Waals surface area contributed by atoms with Gasteiger partial charge in [-0.05, 0) is 36.6 Å². The van der Waals surface area contributed by atoms with Crippen LogP contribution in [0.15, 0.2) is 36.0 Å². The molecule has 0 amide bonds. The molecular formula is C12H14ClN.